The molecule has 0 spiro atoms. The topological polar surface area (TPSA) is 91.2 Å². The normalized spacial score (nSPS) is 27.4. The Morgan fingerprint density at radius 1 is 1.11 bits per heavy atom. The number of benzene rings is 2. The van der Waals surface area contributed by atoms with Crippen molar-refractivity contribution in [1.29, 1.82) is 0 Å². The molecule has 3 rings (SSSR count). The number of hydrogen-bond acceptors (Lipinski definition) is 7. The molecule has 1 heterocycles. The van der Waals surface area contributed by atoms with E-state index in [-0.39, 0.29) is 6.61 Å². The van der Waals surface area contributed by atoms with Crippen molar-refractivity contribution in [1.82, 2.24) is 0 Å². The van der Waals surface area contributed by atoms with Crippen molar-refractivity contribution in [3.8, 4) is 5.75 Å². The lowest BCUT2D eigenvalue weighted by atomic mass is 9.97. The van der Waals surface area contributed by atoms with Gasteiger partial charge < -0.3 is 30.1 Å². The quantitative estimate of drug-likeness (QED) is 0.542. The van der Waals surface area contributed by atoms with Gasteiger partial charge in [0.15, 0.2) is 0 Å². The number of halogens is 2. The summed E-state index contributed by atoms with van der Waals surface area (Å²) in [6, 6.07) is 11.5. The average Bonchev–Trinajstić information content (AvgIpc) is 2.70. The molecule has 2 aromatic carbocycles. The van der Waals surface area contributed by atoms with Crippen molar-refractivity contribution in [2.45, 2.75) is 34.7 Å². The number of thioether (sulfide) groups is 1. The van der Waals surface area contributed by atoms with E-state index in [4.69, 9.17) is 32.7 Å². The Hall–Kier alpha value is -1.19. The van der Waals surface area contributed by atoms with Crippen molar-refractivity contribution in [3.63, 3.8) is 0 Å². The van der Waals surface area contributed by atoms with Crippen LogP contribution in [0.25, 0.3) is 0 Å². The van der Waals surface area contributed by atoms with Gasteiger partial charge in [-0.1, -0.05) is 41.0 Å². The summed E-state index contributed by atoms with van der Waals surface area (Å²) in [4.78, 5) is 0.742. The van der Waals surface area contributed by atoms with Crippen LogP contribution in [0.5, 0.6) is 5.75 Å². The molecule has 152 valence electrons. The van der Waals surface area contributed by atoms with E-state index in [0.717, 1.165) is 4.90 Å². The first-order chi connectivity index (χ1) is 13.4. The zero-order chi connectivity index (χ0) is 20.3. The number of ether oxygens (including phenoxy) is 2. The summed E-state index contributed by atoms with van der Waals surface area (Å²) < 4.78 is 10.9. The molecule has 1 aliphatic heterocycles. The zero-order valence-electron chi connectivity index (χ0n) is 15.0. The lowest BCUT2D eigenvalue weighted by Crippen LogP contribution is -2.60. The first-order valence-corrected chi connectivity index (χ1v) is 10.2. The zero-order valence-corrected chi connectivity index (χ0v) is 17.3. The van der Waals surface area contributed by atoms with Crippen LogP contribution in [0.3, 0.4) is 0 Å². The third kappa shape index (κ3) is 4.86. The number of anilines is 1. The molecule has 0 bridgehead atoms. The van der Waals surface area contributed by atoms with E-state index in [9.17, 15) is 15.3 Å². The number of nitrogens with one attached hydrogen (secondary N) is 1. The van der Waals surface area contributed by atoms with E-state index >= 15 is 0 Å². The van der Waals surface area contributed by atoms with Crippen molar-refractivity contribution >= 4 is 40.7 Å². The Balaban J connectivity index is 1.80. The van der Waals surface area contributed by atoms with Crippen LogP contribution in [0.15, 0.2) is 47.4 Å². The summed E-state index contributed by atoms with van der Waals surface area (Å²) >= 11 is 13.2. The molecule has 4 N–H and O–H groups in total. The van der Waals surface area contributed by atoms with E-state index in [0.29, 0.717) is 21.5 Å². The van der Waals surface area contributed by atoms with Crippen molar-refractivity contribution in [2.75, 3.05) is 19.0 Å². The predicted octanol–water partition coefficient (Wildman–Crippen LogP) is 3.01. The van der Waals surface area contributed by atoms with Gasteiger partial charge in [-0.25, -0.2) is 0 Å². The van der Waals surface area contributed by atoms with Gasteiger partial charge in [0.2, 0.25) is 0 Å². The molecule has 0 aliphatic carbocycles. The Morgan fingerprint density at radius 2 is 1.89 bits per heavy atom. The fourth-order valence-electron chi connectivity index (χ4n) is 2.94. The molecule has 0 unspecified atom stereocenters. The lowest BCUT2D eigenvalue weighted by molar-refractivity contribution is -0.156. The summed E-state index contributed by atoms with van der Waals surface area (Å²) in [7, 11) is 1.56. The summed E-state index contributed by atoms with van der Waals surface area (Å²) in [5.74, 6) is 0.640. The highest BCUT2D eigenvalue weighted by atomic mass is 35.5. The smallest absolute Gasteiger partial charge is 0.136 e. The SMILES string of the molecule is COc1cccc(N[C@@H]2[C@@H](O)[C@@H](Sc3ccc(Cl)c(Cl)c3)O[C@H](CO)[C@@H]2O)c1. The molecule has 28 heavy (non-hydrogen) atoms. The Labute approximate surface area is 177 Å². The second-order valence-corrected chi connectivity index (χ2v) is 8.29. The third-order valence-corrected chi connectivity index (χ3v) is 6.32. The van der Waals surface area contributed by atoms with E-state index in [1.54, 1.807) is 49.6 Å². The van der Waals surface area contributed by atoms with Crippen LogP contribution in [-0.2, 0) is 4.74 Å². The van der Waals surface area contributed by atoms with Crippen LogP contribution in [0.4, 0.5) is 5.69 Å². The monoisotopic (exact) mass is 445 g/mol. The molecule has 5 atom stereocenters. The van der Waals surface area contributed by atoms with E-state index < -0.39 is 29.8 Å². The number of aliphatic hydroxyl groups is 3. The first-order valence-electron chi connectivity index (χ1n) is 8.57. The molecule has 0 amide bonds. The van der Waals surface area contributed by atoms with E-state index in [1.165, 1.54) is 11.8 Å². The van der Waals surface area contributed by atoms with Gasteiger partial charge in [0, 0.05) is 16.6 Å². The molecule has 0 aromatic heterocycles. The molecule has 2 aromatic rings. The number of aliphatic hydroxyl groups excluding tert-OH is 3. The minimum absolute atomic E-state index is 0.386. The third-order valence-electron chi connectivity index (χ3n) is 4.43. The number of rotatable bonds is 6. The molecule has 9 heteroatoms. The standard InChI is InChI=1S/C19H21Cl2NO5S/c1-26-11-4-2-3-10(7-11)22-16-17(24)15(9-23)27-19(18(16)25)28-12-5-6-13(20)14(21)8-12/h2-8,15-19,22-25H,9H2,1H3/t15-,16+,17+,18-,19-/m1/s1. The van der Waals surface area contributed by atoms with Gasteiger partial charge >= 0.3 is 0 Å². The van der Waals surface area contributed by atoms with Gasteiger partial charge in [0.1, 0.15) is 29.5 Å². The molecule has 0 saturated carbocycles. The van der Waals surface area contributed by atoms with Gasteiger partial charge in [-0.3, -0.25) is 0 Å². The summed E-state index contributed by atoms with van der Waals surface area (Å²) in [5.41, 5.74) is -0.0692. The van der Waals surface area contributed by atoms with Crippen LogP contribution in [0.1, 0.15) is 0 Å². The highest BCUT2D eigenvalue weighted by Crippen LogP contribution is 2.36. The van der Waals surface area contributed by atoms with Crippen molar-refractivity contribution < 1.29 is 24.8 Å². The fraction of sp³-hybridized carbons (Fsp3) is 0.368. The minimum atomic E-state index is -1.11. The fourth-order valence-corrected chi connectivity index (χ4v) is 4.42. The molecule has 1 saturated heterocycles. The van der Waals surface area contributed by atoms with Gasteiger partial charge in [-0.05, 0) is 30.3 Å². The maximum Gasteiger partial charge on any atom is 0.136 e. The maximum absolute atomic E-state index is 10.8. The Bertz CT molecular complexity index is 812. The van der Waals surface area contributed by atoms with Crippen LogP contribution in [0.2, 0.25) is 10.0 Å². The van der Waals surface area contributed by atoms with Crippen LogP contribution < -0.4 is 10.1 Å². The molecular formula is C19H21Cl2NO5S. The van der Waals surface area contributed by atoms with Gasteiger partial charge in [-0.15, -0.1) is 0 Å². The number of hydrogen-bond donors (Lipinski definition) is 4. The second kappa shape index (κ2) is 9.54. The van der Waals surface area contributed by atoms with Crippen molar-refractivity contribution in [3.05, 3.63) is 52.5 Å². The van der Waals surface area contributed by atoms with Crippen LogP contribution in [-0.4, -0.2) is 58.8 Å². The van der Waals surface area contributed by atoms with Crippen LogP contribution >= 0.6 is 35.0 Å². The second-order valence-electron chi connectivity index (χ2n) is 6.30. The minimum Gasteiger partial charge on any atom is -0.497 e. The van der Waals surface area contributed by atoms with Crippen molar-refractivity contribution in [2.24, 2.45) is 0 Å². The average molecular weight is 446 g/mol. The summed E-state index contributed by atoms with van der Waals surface area (Å²) in [6.45, 7) is -0.386. The first kappa shape index (κ1) is 21.5. The molecule has 0 radical (unpaired) electrons. The van der Waals surface area contributed by atoms with E-state index in [2.05, 4.69) is 5.32 Å². The Morgan fingerprint density at radius 3 is 2.57 bits per heavy atom. The van der Waals surface area contributed by atoms with Gasteiger partial charge in [0.25, 0.3) is 0 Å². The lowest BCUT2D eigenvalue weighted by Gasteiger charge is -2.42. The molecule has 1 aliphatic rings. The molecular weight excluding hydrogens is 425 g/mol. The highest BCUT2D eigenvalue weighted by molar-refractivity contribution is 7.99. The highest BCUT2D eigenvalue weighted by Gasteiger charge is 2.44. The molecule has 6 nitrogen and oxygen atoms in total. The van der Waals surface area contributed by atoms with E-state index in [1.807, 2.05) is 0 Å². The van der Waals surface area contributed by atoms with Gasteiger partial charge in [-0.2, -0.15) is 0 Å². The largest absolute Gasteiger partial charge is 0.497 e. The number of methoxy groups -OCH3 is 1. The summed E-state index contributed by atoms with van der Waals surface area (Å²) in [6.07, 6.45) is -3.04. The predicted molar refractivity (Wildman–Crippen MR) is 110 cm³/mol. The maximum atomic E-state index is 10.8. The van der Waals surface area contributed by atoms with Gasteiger partial charge in [0.05, 0.1) is 29.8 Å². The summed E-state index contributed by atoms with van der Waals surface area (Å²) in [5, 5.41) is 35.0. The molecule has 1 fully saturated rings. The Kier molecular flexibility index (Phi) is 7.33. The van der Waals surface area contributed by atoms with Crippen LogP contribution in [0, 0.1) is 0 Å².